The van der Waals surface area contributed by atoms with Crippen LogP contribution < -0.4 is 0 Å². The molecule has 0 saturated heterocycles. The van der Waals surface area contributed by atoms with E-state index in [1.807, 2.05) is 32.9 Å². The molecule has 2 nitrogen and oxygen atoms in total. The Morgan fingerprint density at radius 3 is 2.53 bits per heavy atom. The highest BCUT2D eigenvalue weighted by atomic mass is 16.3. The Morgan fingerprint density at radius 1 is 1.24 bits per heavy atom. The van der Waals surface area contributed by atoms with Crippen LogP contribution in [0.4, 0.5) is 0 Å². The highest BCUT2D eigenvalue weighted by Crippen LogP contribution is 2.29. The summed E-state index contributed by atoms with van der Waals surface area (Å²) in [6.07, 6.45) is 0.995. The molecule has 0 amide bonds. The molecule has 0 unspecified atom stereocenters. The number of fused-ring (bicyclic) bond motifs is 1. The Morgan fingerprint density at radius 2 is 1.94 bits per heavy atom. The van der Waals surface area contributed by atoms with Crippen molar-refractivity contribution in [3.8, 4) is 0 Å². The van der Waals surface area contributed by atoms with E-state index in [-0.39, 0.29) is 0 Å². The first-order chi connectivity index (χ1) is 7.91. The molecule has 0 atom stereocenters. The van der Waals surface area contributed by atoms with Crippen LogP contribution in [0.25, 0.3) is 10.9 Å². The summed E-state index contributed by atoms with van der Waals surface area (Å²) in [5.74, 6) is 0. The molecular weight excluding hydrogens is 210 g/mol. The van der Waals surface area contributed by atoms with E-state index in [1.165, 1.54) is 5.56 Å². The largest absolute Gasteiger partial charge is 0.386 e. The van der Waals surface area contributed by atoms with Crippen LogP contribution in [0.2, 0.25) is 0 Å². The van der Waals surface area contributed by atoms with E-state index in [2.05, 4.69) is 24.0 Å². The van der Waals surface area contributed by atoms with Crippen molar-refractivity contribution in [2.75, 3.05) is 0 Å². The number of rotatable bonds is 2. The van der Waals surface area contributed by atoms with Crippen molar-refractivity contribution in [3.05, 3.63) is 41.1 Å². The van der Waals surface area contributed by atoms with Crippen molar-refractivity contribution in [2.45, 2.75) is 39.7 Å². The second-order valence-corrected chi connectivity index (χ2v) is 5.08. The molecule has 1 N–H and O–H groups in total. The van der Waals surface area contributed by atoms with Crippen molar-refractivity contribution in [1.82, 2.24) is 4.98 Å². The summed E-state index contributed by atoms with van der Waals surface area (Å²) in [5, 5.41) is 11.3. The molecule has 90 valence electrons. The predicted molar refractivity (Wildman–Crippen MR) is 71.1 cm³/mol. The van der Waals surface area contributed by atoms with Crippen LogP contribution in [0.15, 0.2) is 24.3 Å². The van der Waals surface area contributed by atoms with Gasteiger partial charge < -0.3 is 5.11 Å². The number of nitrogens with zero attached hydrogens (tertiary/aromatic N) is 1. The molecule has 0 bridgehead atoms. The Kier molecular flexibility index (Phi) is 2.92. The number of aliphatic hydroxyl groups is 1. The first kappa shape index (κ1) is 12.1. The zero-order chi connectivity index (χ0) is 12.6. The van der Waals surface area contributed by atoms with Gasteiger partial charge in [-0.15, -0.1) is 0 Å². The van der Waals surface area contributed by atoms with E-state index in [1.54, 1.807) is 0 Å². The third kappa shape index (κ3) is 2.32. The smallest absolute Gasteiger partial charge is 0.0847 e. The molecule has 1 aromatic heterocycles. The quantitative estimate of drug-likeness (QED) is 0.856. The van der Waals surface area contributed by atoms with Crippen molar-refractivity contribution in [3.63, 3.8) is 0 Å². The Bertz CT molecular complexity index is 553. The molecule has 2 rings (SSSR count). The maximum Gasteiger partial charge on any atom is 0.0847 e. The fourth-order valence-electron chi connectivity index (χ4n) is 2.13. The van der Waals surface area contributed by atoms with E-state index in [0.29, 0.717) is 0 Å². The zero-order valence-corrected chi connectivity index (χ0v) is 10.9. The summed E-state index contributed by atoms with van der Waals surface area (Å²) in [6, 6.07) is 8.25. The molecule has 0 aliphatic heterocycles. The average molecular weight is 229 g/mol. The molecule has 0 radical (unpaired) electrons. The first-order valence-corrected chi connectivity index (χ1v) is 6.05. The van der Waals surface area contributed by atoms with Crippen molar-refractivity contribution in [2.24, 2.45) is 0 Å². The topological polar surface area (TPSA) is 33.1 Å². The van der Waals surface area contributed by atoms with E-state index < -0.39 is 5.60 Å². The van der Waals surface area contributed by atoms with Gasteiger partial charge in [0, 0.05) is 11.1 Å². The lowest BCUT2D eigenvalue weighted by Crippen LogP contribution is -2.16. The van der Waals surface area contributed by atoms with E-state index in [0.717, 1.165) is 28.6 Å². The summed E-state index contributed by atoms with van der Waals surface area (Å²) in [6.45, 7) is 7.73. The van der Waals surface area contributed by atoms with Crippen LogP contribution >= 0.6 is 0 Å². The third-order valence-electron chi connectivity index (χ3n) is 3.07. The lowest BCUT2D eigenvalue weighted by atomic mass is 9.93. The second kappa shape index (κ2) is 4.11. The molecule has 2 aromatic rings. The number of hydrogen-bond acceptors (Lipinski definition) is 2. The molecule has 0 aliphatic rings. The van der Waals surface area contributed by atoms with Gasteiger partial charge in [-0.2, -0.15) is 0 Å². The van der Waals surface area contributed by atoms with Crippen molar-refractivity contribution < 1.29 is 5.11 Å². The second-order valence-electron chi connectivity index (χ2n) is 5.08. The summed E-state index contributed by atoms with van der Waals surface area (Å²) in [5.41, 5.74) is 3.29. The minimum atomic E-state index is -0.835. The third-order valence-corrected chi connectivity index (χ3v) is 3.07. The lowest BCUT2D eigenvalue weighted by molar-refractivity contribution is 0.0800. The van der Waals surface area contributed by atoms with E-state index >= 15 is 0 Å². The highest BCUT2D eigenvalue weighted by Gasteiger charge is 2.20. The van der Waals surface area contributed by atoms with E-state index in [4.69, 9.17) is 0 Å². The molecule has 17 heavy (non-hydrogen) atoms. The van der Waals surface area contributed by atoms with Gasteiger partial charge in [0.1, 0.15) is 0 Å². The fourth-order valence-corrected chi connectivity index (χ4v) is 2.13. The maximum absolute atomic E-state index is 10.2. The summed E-state index contributed by atoms with van der Waals surface area (Å²) < 4.78 is 0. The number of aromatic nitrogens is 1. The van der Waals surface area contributed by atoms with Gasteiger partial charge in [0.25, 0.3) is 0 Å². The minimum absolute atomic E-state index is 0.835. The monoisotopic (exact) mass is 229 g/mol. The SMILES string of the molecule is CCc1ccc2nc(C)cc(C(C)(C)O)c2c1. The standard InChI is InChI=1S/C15H19NO/c1-5-11-6-7-14-12(9-11)13(15(3,4)17)8-10(2)16-14/h6-9,17H,5H2,1-4H3. The average Bonchev–Trinajstić information content (AvgIpc) is 2.26. The summed E-state index contributed by atoms with van der Waals surface area (Å²) >= 11 is 0. The highest BCUT2D eigenvalue weighted by molar-refractivity contribution is 5.84. The molecule has 2 heteroatoms. The Balaban J connectivity index is 2.80. The first-order valence-electron chi connectivity index (χ1n) is 6.05. The number of hydrogen-bond donors (Lipinski definition) is 1. The fraction of sp³-hybridized carbons (Fsp3) is 0.400. The summed E-state index contributed by atoms with van der Waals surface area (Å²) in [4.78, 5) is 4.51. The van der Waals surface area contributed by atoms with Crippen LogP contribution in [-0.2, 0) is 12.0 Å². The van der Waals surface area contributed by atoms with Gasteiger partial charge in [0.15, 0.2) is 0 Å². The van der Waals surface area contributed by atoms with Crippen LogP contribution in [0.3, 0.4) is 0 Å². The lowest BCUT2D eigenvalue weighted by Gasteiger charge is -2.21. The van der Waals surface area contributed by atoms with Crippen LogP contribution in [-0.4, -0.2) is 10.1 Å². The van der Waals surface area contributed by atoms with Gasteiger partial charge in [0.05, 0.1) is 11.1 Å². The van der Waals surface area contributed by atoms with Gasteiger partial charge in [-0.1, -0.05) is 13.0 Å². The normalized spacial score (nSPS) is 12.1. The van der Waals surface area contributed by atoms with Gasteiger partial charge in [-0.05, 0) is 56.5 Å². The van der Waals surface area contributed by atoms with Gasteiger partial charge >= 0.3 is 0 Å². The minimum Gasteiger partial charge on any atom is -0.386 e. The van der Waals surface area contributed by atoms with Crippen LogP contribution in [0, 0.1) is 6.92 Å². The van der Waals surface area contributed by atoms with Crippen LogP contribution in [0.1, 0.15) is 37.6 Å². The molecule has 0 aliphatic carbocycles. The molecule has 1 aromatic carbocycles. The van der Waals surface area contributed by atoms with Gasteiger partial charge in [-0.25, -0.2) is 0 Å². The zero-order valence-electron chi connectivity index (χ0n) is 10.9. The van der Waals surface area contributed by atoms with Gasteiger partial charge in [0.2, 0.25) is 0 Å². The molecule has 0 fully saturated rings. The van der Waals surface area contributed by atoms with Crippen molar-refractivity contribution in [1.29, 1.82) is 0 Å². The number of pyridine rings is 1. The number of aryl methyl sites for hydroxylation is 2. The maximum atomic E-state index is 10.2. The molecule has 0 spiro atoms. The summed E-state index contributed by atoms with van der Waals surface area (Å²) in [7, 11) is 0. The van der Waals surface area contributed by atoms with E-state index in [9.17, 15) is 5.11 Å². The Hall–Kier alpha value is -1.41. The molecule has 1 heterocycles. The molecule has 0 saturated carbocycles. The Labute approximate surface area is 102 Å². The number of benzene rings is 1. The van der Waals surface area contributed by atoms with Crippen molar-refractivity contribution >= 4 is 10.9 Å². The predicted octanol–water partition coefficient (Wildman–Crippen LogP) is 3.33. The molecular formula is C15H19NO. The van der Waals surface area contributed by atoms with Gasteiger partial charge in [-0.3, -0.25) is 4.98 Å². The van der Waals surface area contributed by atoms with Crippen LogP contribution in [0.5, 0.6) is 0 Å².